The summed E-state index contributed by atoms with van der Waals surface area (Å²) in [5.74, 6) is 1.33. The van der Waals surface area contributed by atoms with E-state index in [2.05, 4.69) is 31.9 Å². The molecule has 0 aliphatic rings. The van der Waals surface area contributed by atoms with Crippen LogP contribution < -0.4 is 0 Å². The summed E-state index contributed by atoms with van der Waals surface area (Å²) in [7, 11) is -5.57. The number of hydrogen-bond donors (Lipinski definition) is 2. The van der Waals surface area contributed by atoms with Gasteiger partial charge >= 0.3 is 13.3 Å². The van der Waals surface area contributed by atoms with Crippen molar-refractivity contribution < 1.29 is 23.1 Å². The van der Waals surface area contributed by atoms with Gasteiger partial charge in [-0.1, -0.05) is 62.2 Å². The summed E-state index contributed by atoms with van der Waals surface area (Å²) in [4.78, 5) is 17.6. The van der Waals surface area contributed by atoms with Crippen LogP contribution in [0, 0.1) is 0 Å². The van der Waals surface area contributed by atoms with Crippen LogP contribution in [-0.2, 0) is 21.7 Å². The number of hydrogen-bond acceptors (Lipinski definition) is 2. The summed E-state index contributed by atoms with van der Waals surface area (Å²) >= 11 is 8.06. The standard InChI is InChI=1S/C15H13Br2F2O3PS/c16-13-4-2-1-3-11(13)9-24-8-10-5-6-12(14(17)7-10)15(18,19)23(20,21)22/h1-7H,8-9H2,(H2,20,21,22). The van der Waals surface area contributed by atoms with Gasteiger partial charge < -0.3 is 9.79 Å². The highest BCUT2D eigenvalue weighted by Crippen LogP contribution is 2.60. The number of halogens is 4. The second-order valence-corrected chi connectivity index (χ2v) is 9.33. The Labute approximate surface area is 159 Å². The summed E-state index contributed by atoms with van der Waals surface area (Å²) in [5.41, 5.74) is -3.02. The molecule has 9 heteroatoms. The lowest BCUT2D eigenvalue weighted by Crippen LogP contribution is -2.14. The van der Waals surface area contributed by atoms with Crippen LogP contribution in [-0.4, -0.2) is 9.79 Å². The first-order valence-corrected chi connectivity index (χ1v) is 11.0. The Morgan fingerprint density at radius 2 is 1.71 bits per heavy atom. The Morgan fingerprint density at radius 1 is 1.04 bits per heavy atom. The van der Waals surface area contributed by atoms with E-state index in [0.717, 1.165) is 27.4 Å². The van der Waals surface area contributed by atoms with E-state index in [9.17, 15) is 13.3 Å². The van der Waals surface area contributed by atoms with E-state index in [4.69, 9.17) is 9.79 Å². The first kappa shape index (κ1) is 20.1. The lowest BCUT2D eigenvalue weighted by molar-refractivity contribution is 0.0557. The molecule has 0 radical (unpaired) electrons. The lowest BCUT2D eigenvalue weighted by Gasteiger charge is -2.19. The molecule has 2 N–H and O–H groups in total. The summed E-state index contributed by atoms with van der Waals surface area (Å²) in [5, 5.41) is 0. The van der Waals surface area contributed by atoms with Crippen LogP contribution >= 0.6 is 51.2 Å². The third-order valence-corrected chi connectivity index (χ3v) is 6.66. The minimum Gasteiger partial charge on any atom is -0.320 e. The smallest absolute Gasteiger partial charge is 0.320 e. The maximum absolute atomic E-state index is 13.8. The van der Waals surface area contributed by atoms with Gasteiger partial charge in [0.05, 0.1) is 0 Å². The summed E-state index contributed by atoms with van der Waals surface area (Å²) in [6.07, 6.45) is 0. The third kappa shape index (κ3) is 4.68. The van der Waals surface area contributed by atoms with Gasteiger partial charge in [0.1, 0.15) is 0 Å². The SMILES string of the molecule is O=P(O)(O)C(F)(F)c1ccc(CSCc2ccccc2Br)cc1Br. The van der Waals surface area contributed by atoms with Crippen LogP contribution in [0.3, 0.4) is 0 Å². The van der Waals surface area contributed by atoms with E-state index in [1.807, 2.05) is 24.3 Å². The maximum Gasteiger partial charge on any atom is 0.399 e. The van der Waals surface area contributed by atoms with Crippen molar-refractivity contribution in [2.45, 2.75) is 17.2 Å². The molecular weight excluding hydrogens is 489 g/mol. The molecule has 0 atom stereocenters. The average molecular weight is 502 g/mol. The topological polar surface area (TPSA) is 57.5 Å². The Bertz CT molecular complexity index is 783. The molecule has 0 heterocycles. The van der Waals surface area contributed by atoms with Crippen molar-refractivity contribution >= 4 is 51.2 Å². The zero-order valence-corrected chi connectivity index (χ0v) is 17.0. The molecule has 2 aromatic carbocycles. The molecule has 0 bridgehead atoms. The van der Waals surface area contributed by atoms with E-state index >= 15 is 0 Å². The molecule has 0 aliphatic carbocycles. The normalized spacial score (nSPS) is 12.4. The van der Waals surface area contributed by atoms with Gasteiger partial charge in [-0.15, -0.1) is 0 Å². The maximum atomic E-state index is 13.8. The highest BCUT2D eigenvalue weighted by atomic mass is 79.9. The van der Waals surface area contributed by atoms with E-state index in [1.165, 1.54) is 12.1 Å². The van der Waals surface area contributed by atoms with Crippen molar-refractivity contribution in [3.8, 4) is 0 Å². The summed E-state index contributed by atoms with van der Waals surface area (Å²) in [6.45, 7) is 0. The molecule has 0 amide bonds. The summed E-state index contributed by atoms with van der Waals surface area (Å²) < 4.78 is 39.5. The molecule has 0 saturated carbocycles. The Morgan fingerprint density at radius 3 is 2.29 bits per heavy atom. The van der Waals surface area contributed by atoms with Crippen LogP contribution in [0.5, 0.6) is 0 Å². The first-order chi connectivity index (χ1) is 11.1. The van der Waals surface area contributed by atoms with Crippen molar-refractivity contribution in [1.29, 1.82) is 0 Å². The van der Waals surface area contributed by atoms with Gasteiger partial charge in [0.25, 0.3) is 0 Å². The van der Waals surface area contributed by atoms with Crippen molar-refractivity contribution in [1.82, 2.24) is 0 Å². The molecule has 0 aromatic heterocycles. The van der Waals surface area contributed by atoms with Crippen LogP contribution in [0.25, 0.3) is 0 Å². The zero-order valence-electron chi connectivity index (χ0n) is 12.1. The van der Waals surface area contributed by atoms with E-state index in [1.54, 1.807) is 11.8 Å². The van der Waals surface area contributed by atoms with Gasteiger partial charge in [0.2, 0.25) is 0 Å². The highest BCUT2D eigenvalue weighted by molar-refractivity contribution is 9.10. The van der Waals surface area contributed by atoms with Crippen LogP contribution in [0.4, 0.5) is 8.78 Å². The largest absolute Gasteiger partial charge is 0.399 e. The highest BCUT2D eigenvalue weighted by Gasteiger charge is 2.51. The monoisotopic (exact) mass is 500 g/mol. The number of rotatable bonds is 6. The van der Waals surface area contributed by atoms with Crippen LogP contribution in [0.15, 0.2) is 51.4 Å². The van der Waals surface area contributed by atoms with Gasteiger partial charge in [-0.3, -0.25) is 4.57 Å². The first-order valence-electron chi connectivity index (χ1n) is 6.66. The predicted molar refractivity (Wildman–Crippen MR) is 99.2 cm³/mol. The number of benzene rings is 2. The Kier molecular flexibility index (Phi) is 6.67. The number of thioether (sulfide) groups is 1. The van der Waals surface area contributed by atoms with Crippen molar-refractivity contribution in [2.75, 3.05) is 0 Å². The second kappa shape index (κ2) is 7.98. The molecule has 24 heavy (non-hydrogen) atoms. The minimum atomic E-state index is -5.57. The zero-order chi connectivity index (χ0) is 18.0. The van der Waals surface area contributed by atoms with Crippen LogP contribution in [0.1, 0.15) is 16.7 Å². The fourth-order valence-corrected chi connectivity index (χ4v) is 4.88. The predicted octanol–water partition coefficient (Wildman–Crippen LogP) is 5.87. The second-order valence-electron chi connectivity index (χ2n) is 4.98. The van der Waals surface area contributed by atoms with Gasteiger partial charge in [0.15, 0.2) is 0 Å². The quantitative estimate of drug-likeness (QED) is 0.486. The fourth-order valence-electron chi connectivity index (χ4n) is 1.94. The summed E-state index contributed by atoms with van der Waals surface area (Å²) in [6, 6.07) is 11.8. The molecule has 3 nitrogen and oxygen atoms in total. The van der Waals surface area contributed by atoms with Crippen molar-refractivity contribution in [3.05, 3.63) is 68.1 Å². The van der Waals surface area contributed by atoms with E-state index in [-0.39, 0.29) is 4.47 Å². The molecule has 0 unspecified atom stereocenters. The van der Waals surface area contributed by atoms with Gasteiger partial charge in [-0.05, 0) is 23.3 Å². The Balaban J connectivity index is 2.08. The van der Waals surface area contributed by atoms with E-state index in [0.29, 0.717) is 5.75 Å². The molecule has 2 aromatic rings. The molecule has 0 saturated heterocycles. The molecule has 130 valence electrons. The molecular formula is C15H13Br2F2O3PS. The molecule has 2 rings (SSSR count). The van der Waals surface area contributed by atoms with Gasteiger partial charge in [-0.2, -0.15) is 20.5 Å². The van der Waals surface area contributed by atoms with Gasteiger partial charge in [0, 0.05) is 26.0 Å². The number of alkyl halides is 2. The van der Waals surface area contributed by atoms with E-state index < -0.39 is 18.8 Å². The Hall–Kier alpha value is -0.240. The lowest BCUT2D eigenvalue weighted by atomic mass is 10.1. The minimum absolute atomic E-state index is 0.0187. The van der Waals surface area contributed by atoms with Crippen LogP contribution in [0.2, 0.25) is 0 Å². The fraction of sp³-hybridized carbons (Fsp3) is 0.200. The molecule has 0 aliphatic heterocycles. The molecule has 0 spiro atoms. The van der Waals surface area contributed by atoms with Gasteiger partial charge in [-0.25, -0.2) is 0 Å². The molecule has 0 fully saturated rings. The van der Waals surface area contributed by atoms with Crippen molar-refractivity contribution in [3.63, 3.8) is 0 Å². The van der Waals surface area contributed by atoms with Crippen molar-refractivity contribution in [2.24, 2.45) is 0 Å². The third-order valence-electron chi connectivity index (χ3n) is 3.21. The average Bonchev–Trinajstić information content (AvgIpc) is 2.48.